The van der Waals surface area contributed by atoms with Crippen LogP contribution in [0.2, 0.25) is 0 Å². The summed E-state index contributed by atoms with van der Waals surface area (Å²) in [5, 5.41) is 9.53. The van der Waals surface area contributed by atoms with Crippen molar-refractivity contribution in [3.63, 3.8) is 0 Å². The van der Waals surface area contributed by atoms with Crippen LogP contribution in [0.3, 0.4) is 0 Å². The second kappa shape index (κ2) is 8.85. The van der Waals surface area contributed by atoms with E-state index in [2.05, 4.69) is 29.3 Å². The number of ketones is 1. The summed E-state index contributed by atoms with van der Waals surface area (Å²) in [5.74, 6) is 1.80. The first-order chi connectivity index (χ1) is 14.6. The molecule has 30 heavy (non-hydrogen) atoms. The number of nitrogens with zero attached hydrogens (tertiary/aromatic N) is 3. The van der Waals surface area contributed by atoms with Crippen LogP contribution in [-0.2, 0) is 0 Å². The fourth-order valence-corrected chi connectivity index (χ4v) is 4.81. The van der Waals surface area contributed by atoms with E-state index >= 15 is 0 Å². The van der Waals surface area contributed by atoms with Crippen LogP contribution in [0.1, 0.15) is 20.1 Å². The van der Waals surface area contributed by atoms with Crippen LogP contribution in [-0.4, -0.2) is 33.4 Å². The van der Waals surface area contributed by atoms with E-state index < -0.39 is 0 Å². The van der Waals surface area contributed by atoms with E-state index in [0.717, 1.165) is 26.8 Å². The van der Waals surface area contributed by atoms with Crippen LogP contribution < -0.4 is 4.74 Å². The third kappa shape index (κ3) is 4.17. The largest absolute Gasteiger partial charge is 0.496 e. The van der Waals surface area contributed by atoms with Crippen LogP contribution in [0.5, 0.6) is 5.75 Å². The summed E-state index contributed by atoms with van der Waals surface area (Å²) in [6.45, 7) is 4.05. The number of hydrogen-bond donors (Lipinski definition) is 0. The van der Waals surface area contributed by atoms with E-state index in [1.165, 1.54) is 28.7 Å². The van der Waals surface area contributed by atoms with Gasteiger partial charge >= 0.3 is 0 Å². The minimum atomic E-state index is 0.0930. The summed E-state index contributed by atoms with van der Waals surface area (Å²) in [7, 11) is 1.64. The smallest absolute Gasteiger partial charge is 0.196 e. The average Bonchev–Trinajstić information content (AvgIpc) is 3.39. The second-order valence-corrected chi connectivity index (χ2v) is 9.03. The Bertz CT molecular complexity index is 1180. The van der Waals surface area contributed by atoms with Gasteiger partial charge in [0, 0.05) is 10.6 Å². The zero-order chi connectivity index (χ0) is 21.1. The number of aromatic nitrogens is 3. The first kappa shape index (κ1) is 20.4. The Morgan fingerprint density at radius 1 is 1.03 bits per heavy atom. The van der Waals surface area contributed by atoms with Crippen molar-refractivity contribution in [3.8, 4) is 22.8 Å². The molecule has 0 saturated carbocycles. The quantitative estimate of drug-likeness (QED) is 0.279. The molecule has 4 rings (SSSR count). The monoisotopic (exact) mass is 435 g/mol. The Balaban J connectivity index is 1.72. The summed E-state index contributed by atoms with van der Waals surface area (Å²) in [5.41, 5.74) is 2.96. The van der Waals surface area contributed by atoms with Gasteiger partial charge in [-0.25, -0.2) is 0 Å². The van der Waals surface area contributed by atoms with Gasteiger partial charge in [0.2, 0.25) is 0 Å². The molecule has 0 saturated heterocycles. The van der Waals surface area contributed by atoms with Crippen molar-refractivity contribution in [2.24, 2.45) is 0 Å². The molecule has 0 aliphatic carbocycles. The number of carbonyl (C=O) groups excluding carboxylic acids is 1. The van der Waals surface area contributed by atoms with Crippen LogP contribution >= 0.6 is 23.1 Å². The molecule has 0 aliphatic heterocycles. The van der Waals surface area contributed by atoms with Gasteiger partial charge < -0.3 is 4.74 Å². The standard InChI is InChI=1S/C23H21N3O2S2/c1-15-8-11-17(12-9-15)26-22(18-6-4-5-7-20(18)28-3)24-25-23(26)29-14-19(27)21-13-10-16(2)30-21/h4-13H,14H2,1-3H3. The predicted octanol–water partition coefficient (Wildman–Crippen LogP) is 5.60. The van der Waals surface area contributed by atoms with E-state index in [1.807, 2.05) is 60.0 Å². The Morgan fingerprint density at radius 2 is 1.80 bits per heavy atom. The minimum Gasteiger partial charge on any atom is -0.496 e. The van der Waals surface area contributed by atoms with E-state index in [9.17, 15) is 4.79 Å². The number of thiophene rings is 1. The number of rotatable bonds is 7. The maximum Gasteiger partial charge on any atom is 0.196 e. The number of carbonyl (C=O) groups is 1. The molecule has 152 valence electrons. The third-order valence-electron chi connectivity index (χ3n) is 4.62. The van der Waals surface area contributed by atoms with Gasteiger partial charge in [-0.3, -0.25) is 9.36 Å². The number of thioether (sulfide) groups is 1. The highest BCUT2D eigenvalue weighted by atomic mass is 32.2. The summed E-state index contributed by atoms with van der Waals surface area (Å²) in [6.07, 6.45) is 0. The lowest BCUT2D eigenvalue weighted by molar-refractivity contribution is 0.102. The Labute approximate surface area is 183 Å². The Morgan fingerprint density at radius 3 is 2.50 bits per heavy atom. The van der Waals surface area contributed by atoms with Crippen molar-refractivity contribution < 1.29 is 9.53 Å². The van der Waals surface area contributed by atoms with Crippen LogP contribution in [0.15, 0.2) is 65.8 Å². The summed E-state index contributed by atoms with van der Waals surface area (Å²) in [4.78, 5) is 14.5. The van der Waals surface area contributed by atoms with Crippen molar-refractivity contribution in [2.75, 3.05) is 12.9 Å². The maximum atomic E-state index is 12.6. The third-order valence-corrected chi connectivity index (χ3v) is 6.59. The summed E-state index contributed by atoms with van der Waals surface area (Å²) >= 11 is 2.91. The van der Waals surface area contributed by atoms with E-state index in [0.29, 0.717) is 16.7 Å². The lowest BCUT2D eigenvalue weighted by Gasteiger charge is -2.12. The van der Waals surface area contributed by atoms with Crippen LogP contribution in [0.4, 0.5) is 0 Å². The highest BCUT2D eigenvalue weighted by Crippen LogP contribution is 2.33. The summed E-state index contributed by atoms with van der Waals surface area (Å²) in [6, 6.07) is 19.8. The normalized spacial score (nSPS) is 10.9. The summed E-state index contributed by atoms with van der Waals surface area (Å²) < 4.78 is 7.52. The molecule has 2 heterocycles. The molecule has 0 N–H and O–H groups in total. The number of para-hydroxylation sites is 1. The Hall–Kier alpha value is -2.90. The van der Waals surface area contributed by atoms with E-state index in [1.54, 1.807) is 7.11 Å². The zero-order valence-electron chi connectivity index (χ0n) is 17.0. The first-order valence-electron chi connectivity index (χ1n) is 9.45. The highest BCUT2D eigenvalue weighted by molar-refractivity contribution is 7.99. The molecular weight excluding hydrogens is 414 g/mol. The number of hydrogen-bond acceptors (Lipinski definition) is 6. The zero-order valence-corrected chi connectivity index (χ0v) is 18.6. The SMILES string of the molecule is COc1ccccc1-c1nnc(SCC(=O)c2ccc(C)s2)n1-c1ccc(C)cc1. The van der Waals surface area contributed by atoms with Crippen LogP contribution in [0, 0.1) is 13.8 Å². The highest BCUT2D eigenvalue weighted by Gasteiger charge is 2.20. The molecule has 0 atom stereocenters. The molecule has 2 aromatic heterocycles. The van der Waals surface area contributed by atoms with Crippen molar-refractivity contribution in [2.45, 2.75) is 19.0 Å². The van der Waals surface area contributed by atoms with E-state index in [-0.39, 0.29) is 5.78 Å². The van der Waals surface area contributed by atoms with Gasteiger partial charge in [-0.15, -0.1) is 21.5 Å². The van der Waals surface area contributed by atoms with Gasteiger partial charge in [-0.05, 0) is 50.2 Å². The fourth-order valence-electron chi connectivity index (χ4n) is 3.08. The van der Waals surface area contributed by atoms with Gasteiger partial charge in [0.25, 0.3) is 0 Å². The molecule has 0 aliphatic rings. The lowest BCUT2D eigenvalue weighted by Crippen LogP contribution is -2.04. The molecule has 0 amide bonds. The second-order valence-electron chi connectivity index (χ2n) is 6.80. The molecule has 0 radical (unpaired) electrons. The fraction of sp³-hybridized carbons (Fsp3) is 0.174. The molecule has 0 fully saturated rings. The molecule has 0 bridgehead atoms. The topological polar surface area (TPSA) is 57.0 Å². The van der Waals surface area contributed by atoms with Crippen molar-refractivity contribution >= 4 is 28.9 Å². The first-order valence-corrected chi connectivity index (χ1v) is 11.3. The molecular formula is C23H21N3O2S2. The van der Waals surface area contributed by atoms with Gasteiger partial charge in [0.1, 0.15) is 5.75 Å². The molecule has 2 aromatic carbocycles. The lowest BCUT2D eigenvalue weighted by atomic mass is 10.1. The van der Waals surface area contributed by atoms with Gasteiger partial charge in [-0.2, -0.15) is 0 Å². The Kier molecular flexibility index (Phi) is 6.01. The number of Topliss-reactive ketones (excluding diaryl/α,β-unsaturated/α-hetero) is 1. The number of aryl methyl sites for hydroxylation is 2. The number of methoxy groups -OCH3 is 1. The maximum absolute atomic E-state index is 12.6. The predicted molar refractivity (Wildman–Crippen MR) is 122 cm³/mol. The van der Waals surface area contributed by atoms with Gasteiger partial charge in [-0.1, -0.05) is 41.6 Å². The van der Waals surface area contributed by atoms with Crippen LogP contribution in [0.25, 0.3) is 17.1 Å². The molecule has 0 unspecified atom stereocenters. The van der Waals surface area contributed by atoms with Gasteiger partial charge in [0.15, 0.2) is 16.8 Å². The molecule has 4 aromatic rings. The molecule has 0 spiro atoms. The van der Waals surface area contributed by atoms with E-state index in [4.69, 9.17) is 4.74 Å². The van der Waals surface area contributed by atoms with Crippen molar-refractivity contribution in [3.05, 3.63) is 76.0 Å². The van der Waals surface area contributed by atoms with Crippen molar-refractivity contribution in [1.82, 2.24) is 14.8 Å². The minimum absolute atomic E-state index is 0.0930. The average molecular weight is 436 g/mol. The molecule has 7 heteroatoms. The van der Waals surface area contributed by atoms with Gasteiger partial charge in [0.05, 0.1) is 23.3 Å². The molecule has 5 nitrogen and oxygen atoms in total. The van der Waals surface area contributed by atoms with Crippen molar-refractivity contribution in [1.29, 1.82) is 0 Å². The number of ether oxygens (including phenoxy) is 1. The number of benzene rings is 2.